The van der Waals surface area contributed by atoms with Crippen molar-refractivity contribution in [2.45, 2.75) is 25.7 Å². The Hall–Kier alpha value is -1.92. The number of nitro groups is 1. The number of hydrogen-bond acceptors (Lipinski definition) is 6. The van der Waals surface area contributed by atoms with E-state index < -0.39 is 4.92 Å². The molecule has 108 valence electrons. The van der Waals surface area contributed by atoms with E-state index in [0.29, 0.717) is 17.7 Å². The molecule has 0 aliphatic heterocycles. The van der Waals surface area contributed by atoms with Crippen LogP contribution in [-0.4, -0.2) is 28.5 Å². The number of hydrogen-bond donors (Lipinski definition) is 2. The van der Waals surface area contributed by atoms with Gasteiger partial charge in [-0.25, -0.2) is 4.98 Å². The molecule has 1 aromatic rings. The van der Waals surface area contributed by atoms with Crippen molar-refractivity contribution in [3.63, 3.8) is 0 Å². The molecule has 0 aromatic carbocycles. The maximum atomic E-state index is 11.0. The Morgan fingerprint density at radius 1 is 1.45 bits per heavy atom. The summed E-state index contributed by atoms with van der Waals surface area (Å²) in [5.41, 5.74) is -0.0628. The van der Waals surface area contributed by atoms with Crippen molar-refractivity contribution in [2.75, 3.05) is 24.2 Å². The largest absolute Gasteiger partial charge is 0.364 e. The van der Waals surface area contributed by atoms with Crippen LogP contribution in [-0.2, 0) is 0 Å². The van der Waals surface area contributed by atoms with Gasteiger partial charge in [0.15, 0.2) is 0 Å². The molecule has 2 fully saturated rings. The van der Waals surface area contributed by atoms with E-state index in [0.717, 1.165) is 18.4 Å². The van der Waals surface area contributed by atoms with Gasteiger partial charge in [0.25, 0.3) is 0 Å². The maximum Gasteiger partial charge on any atom is 0.329 e. The third-order valence-corrected chi connectivity index (χ3v) is 4.61. The summed E-state index contributed by atoms with van der Waals surface area (Å²) in [6.45, 7) is 0.766. The molecule has 1 heterocycles. The highest BCUT2D eigenvalue weighted by Gasteiger charge is 2.39. The summed E-state index contributed by atoms with van der Waals surface area (Å²) in [5.74, 6) is 3.00. The minimum Gasteiger partial charge on any atom is -0.364 e. The van der Waals surface area contributed by atoms with Crippen molar-refractivity contribution < 1.29 is 4.92 Å². The zero-order valence-corrected chi connectivity index (χ0v) is 11.5. The zero-order chi connectivity index (χ0) is 14.1. The summed E-state index contributed by atoms with van der Waals surface area (Å²) >= 11 is 0. The second-order valence-corrected chi connectivity index (χ2v) is 5.75. The van der Waals surface area contributed by atoms with Crippen molar-refractivity contribution in [1.82, 2.24) is 9.97 Å². The summed E-state index contributed by atoms with van der Waals surface area (Å²) in [7, 11) is 1.70. The fraction of sp³-hybridized carbons (Fsp3) is 0.692. The van der Waals surface area contributed by atoms with Gasteiger partial charge in [0.2, 0.25) is 11.8 Å². The van der Waals surface area contributed by atoms with Crippen LogP contribution < -0.4 is 10.6 Å². The van der Waals surface area contributed by atoms with Gasteiger partial charge in [-0.1, -0.05) is 6.42 Å². The molecule has 3 atom stereocenters. The zero-order valence-electron chi connectivity index (χ0n) is 11.5. The van der Waals surface area contributed by atoms with Crippen LogP contribution in [0.5, 0.6) is 0 Å². The normalized spacial score (nSPS) is 27.6. The summed E-state index contributed by atoms with van der Waals surface area (Å²) in [4.78, 5) is 18.6. The molecule has 2 aliphatic rings. The average molecular weight is 277 g/mol. The molecule has 2 aliphatic carbocycles. The molecular weight excluding hydrogens is 258 g/mol. The van der Waals surface area contributed by atoms with Crippen molar-refractivity contribution >= 4 is 17.5 Å². The fourth-order valence-corrected chi connectivity index (χ4v) is 3.61. The highest BCUT2D eigenvalue weighted by atomic mass is 16.6. The van der Waals surface area contributed by atoms with Gasteiger partial charge in [-0.15, -0.1) is 0 Å². The summed E-state index contributed by atoms with van der Waals surface area (Å²) < 4.78 is 0. The van der Waals surface area contributed by atoms with Gasteiger partial charge >= 0.3 is 5.69 Å². The van der Waals surface area contributed by atoms with Crippen LogP contribution in [0.15, 0.2) is 6.20 Å². The van der Waals surface area contributed by atoms with Crippen LogP contribution >= 0.6 is 0 Å². The van der Waals surface area contributed by atoms with Crippen LogP contribution in [0.3, 0.4) is 0 Å². The van der Waals surface area contributed by atoms with E-state index in [2.05, 4.69) is 20.6 Å². The average Bonchev–Trinajstić information content (AvgIpc) is 3.07. The Morgan fingerprint density at radius 3 is 2.90 bits per heavy atom. The molecule has 20 heavy (non-hydrogen) atoms. The molecule has 1 aromatic heterocycles. The van der Waals surface area contributed by atoms with Crippen molar-refractivity contribution in [3.8, 4) is 0 Å². The molecule has 0 radical (unpaired) electrons. The van der Waals surface area contributed by atoms with Crippen molar-refractivity contribution in [3.05, 3.63) is 16.3 Å². The van der Waals surface area contributed by atoms with E-state index in [4.69, 9.17) is 0 Å². The quantitative estimate of drug-likeness (QED) is 0.633. The van der Waals surface area contributed by atoms with Gasteiger partial charge in [0.1, 0.15) is 6.20 Å². The van der Waals surface area contributed by atoms with Crippen LogP contribution in [0.1, 0.15) is 25.7 Å². The standard InChI is InChI=1S/C13H19N5O2/c1-14-13-16-7-11(18(19)20)12(17-13)15-6-10-5-8-2-3-9(10)4-8/h7-10H,2-6H2,1H3,(H2,14,15,16,17). The highest BCUT2D eigenvalue weighted by molar-refractivity contribution is 5.56. The van der Waals surface area contributed by atoms with E-state index in [1.807, 2.05) is 0 Å². The first-order valence-electron chi connectivity index (χ1n) is 7.10. The van der Waals surface area contributed by atoms with Gasteiger partial charge in [-0.05, 0) is 37.0 Å². The van der Waals surface area contributed by atoms with Gasteiger partial charge in [0, 0.05) is 13.6 Å². The minimum atomic E-state index is -0.442. The maximum absolute atomic E-state index is 11.0. The first-order chi connectivity index (χ1) is 9.67. The lowest BCUT2D eigenvalue weighted by atomic mass is 9.89. The van der Waals surface area contributed by atoms with Gasteiger partial charge in [0.05, 0.1) is 4.92 Å². The predicted octanol–water partition coefficient (Wildman–Crippen LogP) is 2.27. The molecule has 7 heteroatoms. The number of nitrogens with one attached hydrogen (secondary N) is 2. The Labute approximate surface area is 117 Å². The topological polar surface area (TPSA) is 93.0 Å². The predicted molar refractivity (Wildman–Crippen MR) is 75.7 cm³/mol. The lowest BCUT2D eigenvalue weighted by Crippen LogP contribution is -2.21. The van der Waals surface area contributed by atoms with E-state index in [1.54, 1.807) is 7.05 Å². The van der Waals surface area contributed by atoms with Crippen molar-refractivity contribution in [2.24, 2.45) is 17.8 Å². The van der Waals surface area contributed by atoms with Crippen molar-refractivity contribution in [1.29, 1.82) is 0 Å². The molecule has 0 spiro atoms. The number of anilines is 2. The summed E-state index contributed by atoms with van der Waals surface area (Å²) in [5, 5.41) is 17.0. The Kier molecular flexibility index (Phi) is 3.42. The molecule has 2 bridgehead atoms. The monoisotopic (exact) mass is 277 g/mol. The van der Waals surface area contributed by atoms with Gasteiger partial charge in [-0.3, -0.25) is 10.1 Å². The first kappa shape index (κ1) is 13.1. The number of nitrogens with zero attached hydrogens (tertiary/aromatic N) is 3. The molecule has 2 saturated carbocycles. The molecule has 2 N–H and O–H groups in total. The van der Waals surface area contributed by atoms with E-state index in [9.17, 15) is 10.1 Å². The molecule has 0 saturated heterocycles. The lowest BCUT2D eigenvalue weighted by molar-refractivity contribution is -0.384. The van der Waals surface area contributed by atoms with E-state index in [-0.39, 0.29) is 5.69 Å². The van der Waals surface area contributed by atoms with Crippen LogP contribution in [0.2, 0.25) is 0 Å². The summed E-state index contributed by atoms with van der Waals surface area (Å²) in [6, 6.07) is 0. The van der Waals surface area contributed by atoms with Crippen LogP contribution in [0.25, 0.3) is 0 Å². The third kappa shape index (κ3) is 2.39. The highest BCUT2D eigenvalue weighted by Crippen LogP contribution is 2.48. The van der Waals surface area contributed by atoms with Gasteiger partial charge < -0.3 is 10.6 Å². The molecule has 3 unspecified atom stereocenters. The van der Waals surface area contributed by atoms with E-state index in [1.165, 1.54) is 31.9 Å². The Balaban J connectivity index is 1.71. The minimum absolute atomic E-state index is 0.0628. The fourth-order valence-electron chi connectivity index (χ4n) is 3.61. The molecule has 7 nitrogen and oxygen atoms in total. The Morgan fingerprint density at radius 2 is 2.30 bits per heavy atom. The molecule has 0 amide bonds. The van der Waals surface area contributed by atoms with Gasteiger partial charge in [-0.2, -0.15) is 4.98 Å². The Bertz CT molecular complexity index is 521. The second-order valence-electron chi connectivity index (χ2n) is 5.75. The second kappa shape index (κ2) is 5.22. The number of aromatic nitrogens is 2. The SMILES string of the molecule is CNc1ncc([N+](=O)[O-])c(NCC2CC3CCC2C3)n1. The van der Waals surface area contributed by atoms with Crippen LogP contribution in [0.4, 0.5) is 17.5 Å². The molecular formula is C13H19N5O2. The number of fused-ring (bicyclic) bond motifs is 2. The smallest absolute Gasteiger partial charge is 0.329 e. The lowest BCUT2D eigenvalue weighted by Gasteiger charge is -2.22. The van der Waals surface area contributed by atoms with E-state index >= 15 is 0 Å². The first-order valence-corrected chi connectivity index (χ1v) is 7.10. The molecule has 3 rings (SSSR count). The third-order valence-electron chi connectivity index (χ3n) is 4.61. The van der Waals surface area contributed by atoms with Crippen LogP contribution in [0, 0.1) is 27.9 Å². The summed E-state index contributed by atoms with van der Waals surface area (Å²) in [6.07, 6.45) is 6.50. The number of rotatable bonds is 5.